The number of aliphatic hydroxyl groups excluding tert-OH is 1. The van der Waals surface area contributed by atoms with E-state index in [0.717, 1.165) is 18.6 Å². The van der Waals surface area contributed by atoms with Crippen molar-refractivity contribution in [3.05, 3.63) is 59.7 Å². The van der Waals surface area contributed by atoms with E-state index in [9.17, 15) is 13.5 Å². The first-order valence-corrected chi connectivity index (χ1v) is 9.00. The summed E-state index contributed by atoms with van der Waals surface area (Å²) in [5.74, 6) is 0.763. The van der Waals surface area contributed by atoms with Crippen molar-refractivity contribution in [3.63, 3.8) is 0 Å². The third-order valence-electron chi connectivity index (χ3n) is 3.49. The smallest absolute Gasteiger partial charge is 0.238 e. The predicted molar refractivity (Wildman–Crippen MR) is 88.7 cm³/mol. The zero-order chi connectivity index (χ0) is 16.9. The lowest BCUT2D eigenvalue weighted by Gasteiger charge is -2.13. The van der Waals surface area contributed by atoms with Crippen LogP contribution in [0.5, 0.6) is 5.75 Å². The second kappa shape index (κ2) is 7.59. The SMILES string of the molecule is CCCCOc1ccc(C(O)c2ccc(S(N)(=O)=O)cc2)cc1. The molecule has 3 N–H and O–H groups in total. The number of aliphatic hydroxyl groups is 1. The first-order chi connectivity index (χ1) is 10.9. The van der Waals surface area contributed by atoms with Crippen LogP contribution >= 0.6 is 0 Å². The number of unbranched alkanes of at least 4 members (excludes halogenated alkanes) is 1. The van der Waals surface area contributed by atoms with E-state index >= 15 is 0 Å². The Morgan fingerprint density at radius 3 is 2.04 bits per heavy atom. The van der Waals surface area contributed by atoms with Crippen LogP contribution < -0.4 is 9.88 Å². The third-order valence-corrected chi connectivity index (χ3v) is 4.42. The highest BCUT2D eigenvalue weighted by molar-refractivity contribution is 7.89. The molecule has 2 aromatic carbocycles. The molecule has 0 heterocycles. The summed E-state index contributed by atoms with van der Waals surface area (Å²) in [4.78, 5) is 0.0214. The Morgan fingerprint density at radius 1 is 1.04 bits per heavy atom. The number of primary sulfonamides is 1. The summed E-state index contributed by atoms with van der Waals surface area (Å²) in [6.45, 7) is 2.78. The summed E-state index contributed by atoms with van der Waals surface area (Å²) < 4.78 is 28.0. The van der Waals surface area contributed by atoms with Crippen molar-refractivity contribution in [3.8, 4) is 5.75 Å². The molecule has 0 fully saturated rings. The maximum absolute atomic E-state index is 11.2. The molecule has 6 heteroatoms. The Labute approximate surface area is 136 Å². The molecular formula is C17H21NO4S. The molecule has 23 heavy (non-hydrogen) atoms. The van der Waals surface area contributed by atoms with Gasteiger partial charge in [-0.25, -0.2) is 13.6 Å². The number of nitrogens with two attached hydrogens (primary N) is 1. The van der Waals surface area contributed by atoms with Crippen molar-refractivity contribution < 1.29 is 18.3 Å². The molecule has 0 aliphatic carbocycles. The van der Waals surface area contributed by atoms with Gasteiger partial charge in [0, 0.05) is 0 Å². The lowest BCUT2D eigenvalue weighted by molar-refractivity contribution is 0.220. The number of ether oxygens (including phenoxy) is 1. The van der Waals surface area contributed by atoms with Crippen LogP contribution in [0.1, 0.15) is 37.0 Å². The van der Waals surface area contributed by atoms with Crippen molar-refractivity contribution in [1.82, 2.24) is 0 Å². The molecule has 2 aromatic rings. The molecule has 1 atom stereocenters. The van der Waals surface area contributed by atoms with Crippen LogP contribution in [0.25, 0.3) is 0 Å². The molecule has 0 aliphatic rings. The molecule has 0 bridgehead atoms. The van der Waals surface area contributed by atoms with Crippen molar-refractivity contribution in [2.75, 3.05) is 6.61 Å². The van der Waals surface area contributed by atoms with Gasteiger partial charge in [0.2, 0.25) is 10.0 Å². The average molecular weight is 335 g/mol. The van der Waals surface area contributed by atoms with E-state index in [1.807, 2.05) is 12.1 Å². The van der Waals surface area contributed by atoms with Gasteiger partial charge >= 0.3 is 0 Å². The van der Waals surface area contributed by atoms with Crippen LogP contribution in [0.15, 0.2) is 53.4 Å². The van der Waals surface area contributed by atoms with Gasteiger partial charge in [0.1, 0.15) is 11.9 Å². The van der Waals surface area contributed by atoms with Gasteiger partial charge in [-0.2, -0.15) is 0 Å². The second-order valence-corrected chi connectivity index (χ2v) is 6.85. The van der Waals surface area contributed by atoms with Gasteiger partial charge in [-0.15, -0.1) is 0 Å². The predicted octanol–water partition coefficient (Wildman–Crippen LogP) is 2.59. The largest absolute Gasteiger partial charge is 0.494 e. The molecule has 2 rings (SSSR count). The highest BCUT2D eigenvalue weighted by atomic mass is 32.2. The maximum Gasteiger partial charge on any atom is 0.238 e. The molecule has 0 spiro atoms. The summed E-state index contributed by atoms with van der Waals surface area (Å²) >= 11 is 0. The van der Waals surface area contributed by atoms with Crippen molar-refractivity contribution in [1.29, 1.82) is 0 Å². The molecule has 0 aromatic heterocycles. The molecule has 124 valence electrons. The lowest BCUT2D eigenvalue weighted by Crippen LogP contribution is -2.12. The molecule has 0 saturated carbocycles. The van der Waals surface area contributed by atoms with Crippen LogP contribution in [0.3, 0.4) is 0 Å². The van der Waals surface area contributed by atoms with E-state index in [4.69, 9.17) is 9.88 Å². The Balaban J connectivity index is 2.09. The fourth-order valence-corrected chi connectivity index (χ4v) is 2.63. The van der Waals surface area contributed by atoms with Crippen LogP contribution in [0.2, 0.25) is 0 Å². The zero-order valence-corrected chi connectivity index (χ0v) is 13.8. The van der Waals surface area contributed by atoms with Crippen molar-refractivity contribution >= 4 is 10.0 Å². The second-order valence-electron chi connectivity index (χ2n) is 5.29. The summed E-state index contributed by atoms with van der Waals surface area (Å²) in [6.07, 6.45) is 1.24. The Kier molecular flexibility index (Phi) is 5.76. The molecule has 0 radical (unpaired) electrons. The number of sulfonamides is 1. The van der Waals surface area contributed by atoms with Gasteiger partial charge in [-0.1, -0.05) is 37.6 Å². The summed E-state index contributed by atoms with van der Waals surface area (Å²) in [7, 11) is -3.72. The average Bonchev–Trinajstić information content (AvgIpc) is 2.54. The number of hydrogen-bond donors (Lipinski definition) is 2. The summed E-state index contributed by atoms with van der Waals surface area (Å²) in [6, 6.07) is 13.1. The maximum atomic E-state index is 11.2. The first kappa shape index (κ1) is 17.5. The minimum Gasteiger partial charge on any atom is -0.494 e. The zero-order valence-electron chi connectivity index (χ0n) is 13.0. The van der Waals surface area contributed by atoms with E-state index in [0.29, 0.717) is 17.7 Å². The highest BCUT2D eigenvalue weighted by Gasteiger charge is 2.13. The van der Waals surface area contributed by atoms with Crippen molar-refractivity contribution in [2.45, 2.75) is 30.8 Å². The minimum absolute atomic E-state index is 0.0214. The van der Waals surface area contributed by atoms with Crippen LogP contribution in [-0.2, 0) is 10.0 Å². The quantitative estimate of drug-likeness (QED) is 0.761. The normalized spacial score (nSPS) is 12.8. The number of benzene rings is 2. The van der Waals surface area contributed by atoms with Gasteiger partial charge in [0.05, 0.1) is 11.5 Å². The Hall–Kier alpha value is -1.89. The van der Waals surface area contributed by atoms with E-state index in [1.165, 1.54) is 12.1 Å². The van der Waals surface area contributed by atoms with Gasteiger partial charge in [-0.05, 0) is 41.8 Å². The van der Waals surface area contributed by atoms with Gasteiger partial charge < -0.3 is 9.84 Å². The standard InChI is InChI=1S/C17H21NO4S/c1-2-3-12-22-15-8-4-13(5-9-15)17(19)14-6-10-16(11-7-14)23(18,20)21/h4-11,17,19H,2-3,12H2,1H3,(H2,18,20,21). The van der Waals surface area contributed by atoms with E-state index in [1.54, 1.807) is 24.3 Å². The topological polar surface area (TPSA) is 89.6 Å². The fourth-order valence-electron chi connectivity index (χ4n) is 2.11. The monoisotopic (exact) mass is 335 g/mol. The molecule has 0 amide bonds. The van der Waals surface area contributed by atoms with E-state index in [-0.39, 0.29) is 4.90 Å². The minimum atomic E-state index is -3.72. The van der Waals surface area contributed by atoms with Crippen LogP contribution in [0.4, 0.5) is 0 Å². The lowest BCUT2D eigenvalue weighted by atomic mass is 10.0. The first-order valence-electron chi connectivity index (χ1n) is 7.45. The fraction of sp³-hybridized carbons (Fsp3) is 0.294. The highest BCUT2D eigenvalue weighted by Crippen LogP contribution is 2.25. The van der Waals surface area contributed by atoms with Crippen LogP contribution in [0, 0.1) is 0 Å². The molecule has 0 aliphatic heterocycles. The Morgan fingerprint density at radius 2 is 1.57 bits per heavy atom. The van der Waals surface area contributed by atoms with Crippen LogP contribution in [-0.4, -0.2) is 20.1 Å². The van der Waals surface area contributed by atoms with Gasteiger partial charge in [-0.3, -0.25) is 0 Å². The molecule has 5 nitrogen and oxygen atoms in total. The van der Waals surface area contributed by atoms with E-state index < -0.39 is 16.1 Å². The third kappa shape index (κ3) is 4.79. The Bertz CT molecular complexity index is 724. The van der Waals surface area contributed by atoms with Crippen molar-refractivity contribution in [2.24, 2.45) is 5.14 Å². The van der Waals surface area contributed by atoms with E-state index in [2.05, 4.69) is 6.92 Å². The molecule has 1 unspecified atom stereocenters. The van der Waals surface area contributed by atoms with Gasteiger partial charge in [0.15, 0.2) is 0 Å². The summed E-state index contributed by atoms with van der Waals surface area (Å²) in [5.41, 5.74) is 1.30. The number of rotatable bonds is 7. The molecular weight excluding hydrogens is 314 g/mol. The van der Waals surface area contributed by atoms with Gasteiger partial charge in [0.25, 0.3) is 0 Å². The molecule has 0 saturated heterocycles. The summed E-state index contributed by atoms with van der Waals surface area (Å²) in [5, 5.41) is 15.4. The number of hydrogen-bond acceptors (Lipinski definition) is 4.